The smallest absolute Gasteiger partial charge is 0.132 e. The molecule has 0 saturated heterocycles. The van der Waals surface area contributed by atoms with E-state index in [1.165, 1.54) is 0 Å². The molecule has 0 bridgehead atoms. The fourth-order valence-electron chi connectivity index (χ4n) is 2.67. The Hall–Kier alpha value is -1.55. The third-order valence-electron chi connectivity index (χ3n) is 3.90. The molecule has 2 rings (SSSR count). The van der Waals surface area contributed by atoms with Crippen molar-refractivity contribution in [2.24, 2.45) is 11.7 Å². The summed E-state index contributed by atoms with van der Waals surface area (Å²) in [7, 11) is 3.26. The number of nitrogens with two attached hydrogens (primary N) is 1. The SMILES string of the molecule is COc1ccc(C(N)C2CCC(=O)CC2)c(OC)c1. The van der Waals surface area contributed by atoms with Crippen molar-refractivity contribution in [3.05, 3.63) is 23.8 Å². The number of rotatable bonds is 4. The Morgan fingerprint density at radius 3 is 2.47 bits per heavy atom. The minimum atomic E-state index is -0.0889. The number of carbonyl (C=O) groups excluding carboxylic acids is 1. The maximum atomic E-state index is 11.3. The second-order valence-electron chi connectivity index (χ2n) is 5.01. The van der Waals surface area contributed by atoms with Crippen LogP contribution < -0.4 is 15.2 Å². The van der Waals surface area contributed by atoms with E-state index in [9.17, 15) is 4.79 Å². The van der Waals surface area contributed by atoms with Gasteiger partial charge in [-0.2, -0.15) is 0 Å². The van der Waals surface area contributed by atoms with E-state index in [2.05, 4.69) is 0 Å². The van der Waals surface area contributed by atoms with Crippen LogP contribution in [0.3, 0.4) is 0 Å². The van der Waals surface area contributed by atoms with Gasteiger partial charge in [-0.3, -0.25) is 4.79 Å². The second kappa shape index (κ2) is 6.06. The van der Waals surface area contributed by atoms with Gasteiger partial charge in [0.15, 0.2) is 0 Å². The van der Waals surface area contributed by atoms with E-state index in [0.29, 0.717) is 24.5 Å². The number of benzene rings is 1. The van der Waals surface area contributed by atoms with Crippen LogP contribution in [0.15, 0.2) is 18.2 Å². The van der Waals surface area contributed by atoms with Crippen molar-refractivity contribution < 1.29 is 14.3 Å². The number of Topliss-reactive ketones (excluding diaryl/α,β-unsaturated/α-hetero) is 1. The molecule has 1 atom stereocenters. The van der Waals surface area contributed by atoms with Crippen LogP contribution in [0.5, 0.6) is 11.5 Å². The van der Waals surface area contributed by atoms with E-state index < -0.39 is 0 Å². The molecule has 4 heteroatoms. The van der Waals surface area contributed by atoms with E-state index >= 15 is 0 Å². The van der Waals surface area contributed by atoms with Crippen LogP contribution in [0.1, 0.15) is 37.3 Å². The van der Waals surface area contributed by atoms with Crippen LogP contribution in [0.25, 0.3) is 0 Å². The van der Waals surface area contributed by atoms with Gasteiger partial charge in [-0.15, -0.1) is 0 Å². The van der Waals surface area contributed by atoms with Crippen molar-refractivity contribution in [2.75, 3.05) is 14.2 Å². The van der Waals surface area contributed by atoms with E-state index in [4.69, 9.17) is 15.2 Å². The lowest BCUT2D eigenvalue weighted by Crippen LogP contribution is -2.26. The molecule has 1 aromatic carbocycles. The molecule has 1 fully saturated rings. The molecule has 1 aromatic rings. The lowest BCUT2D eigenvalue weighted by molar-refractivity contribution is -0.121. The third kappa shape index (κ3) is 3.07. The van der Waals surface area contributed by atoms with Gasteiger partial charge in [0.05, 0.1) is 14.2 Å². The summed E-state index contributed by atoms with van der Waals surface area (Å²) in [5.74, 6) is 2.21. The topological polar surface area (TPSA) is 61.5 Å². The van der Waals surface area contributed by atoms with Gasteiger partial charge >= 0.3 is 0 Å². The number of methoxy groups -OCH3 is 2. The third-order valence-corrected chi connectivity index (χ3v) is 3.90. The lowest BCUT2D eigenvalue weighted by atomic mass is 9.81. The zero-order valence-corrected chi connectivity index (χ0v) is 11.5. The zero-order chi connectivity index (χ0) is 13.8. The first kappa shape index (κ1) is 13.9. The number of ether oxygens (including phenoxy) is 2. The van der Waals surface area contributed by atoms with E-state index in [1.807, 2.05) is 18.2 Å². The molecule has 0 amide bonds. The summed E-state index contributed by atoms with van der Waals surface area (Å²) in [6.07, 6.45) is 3.04. The number of hydrogen-bond donors (Lipinski definition) is 1. The largest absolute Gasteiger partial charge is 0.497 e. The molecule has 4 nitrogen and oxygen atoms in total. The summed E-state index contributed by atoms with van der Waals surface area (Å²) in [5.41, 5.74) is 7.34. The Balaban J connectivity index is 2.18. The fourth-order valence-corrected chi connectivity index (χ4v) is 2.67. The monoisotopic (exact) mass is 263 g/mol. The first-order valence-corrected chi connectivity index (χ1v) is 6.65. The zero-order valence-electron chi connectivity index (χ0n) is 11.5. The molecule has 104 valence electrons. The molecule has 19 heavy (non-hydrogen) atoms. The number of ketones is 1. The van der Waals surface area contributed by atoms with Gasteiger partial charge < -0.3 is 15.2 Å². The van der Waals surface area contributed by atoms with Crippen molar-refractivity contribution in [3.8, 4) is 11.5 Å². The molecule has 0 aliphatic heterocycles. The Morgan fingerprint density at radius 1 is 1.21 bits per heavy atom. The van der Waals surface area contributed by atoms with Crippen LogP contribution in [0.2, 0.25) is 0 Å². The van der Waals surface area contributed by atoms with Crippen molar-refractivity contribution in [1.82, 2.24) is 0 Å². The number of carbonyl (C=O) groups is 1. The van der Waals surface area contributed by atoms with Gasteiger partial charge in [0.25, 0.3) is 0 Å². The molecule has 1 aliphatic carbocycles. The summed E-state index contributed by atoms with van der Waals surface area (Å²) in [5, 5.41) is 0. The van der Waals surface area contributed by atoms with E-state index in [0.717, 1.165) is 29.9 Å². The summed E-state index contributed by atoms with van der Waals surface area (Å²) in [4.78, 5) is 11.3. The summed E-state index contributed by atoms with van der Waals surface area (Å²) >= 11 is 0. The molecular formula is C15H21NO3. The van der Waals surface area contributed by atoms with Crippen LogP contribution in [0.4, 0.5) is 0 Å². The van der Waals surface area contributed by atoms with E-state index in [1.54, 1.807) is 14.2 Å². The van der Waals surface area contributed by atoms with Gasteiger partial charge in [-0.25, -0.2) is 0 Å². The minimum absolute atomic E-state index is 0.0889. The average Bonchev–Trinajstić information content (AvgIpc) is 2.46. The van der Waals surface area contributed by atoms with Crippen molar-refractivity contribution in [2.45, 2.75) is 31.7 Å². The molecule has 2 N–H and O–H groups in total. The van der Waals surface area contributed by atoms with Crippen LogP contribution in [0, 0.1) is 5.92 Å². The summed E-state index contributed by atoms with van der Waals surface area (Å²) < 4.78 is 10.6. The summed E-state index contributed by atoms with van der Waals surface area (Å²) in [6.45, 7) is 0. The van der Waals surface area contributed by atoms with Gasteiger partial charge in [0, 0.05) is 30.5 Å². The molecule has 1 saturated carbocycles. The quantitative estimate of drug-likeness (QED) is 0.906. The normalized spacial score (nSPS) is 18.2. The first-order chi connectivity index (χ1) is 9.15. The summed E-state index contributed by atoms with van der Waals surface area (Å²) in [6, 6.07) is 5.61. The number of hydrogen-bond acceptors (Lipinski definition) is 4. The highest BCUT2D eigenvalue weighted by molar-refractivity contribution is 5.79. The molecular weight excluding hydrogens is 242 g/mol. The van der Waals surface area contributed by atoms with Gasteiger partial charge in [-0.05, 0) is 24.8 Å². The van der Waals surface area contributed by atoms with Crippen LogP contribution in [-0.2, 0) is 4.79 Å². The maximum absolute atomic E-state index is 11.3. The molecule has 0 radical (unpaired) electrons. The fraction of sp³-hybridized carbons (Fsp3) is 0.533. The minimum Gasteiger partial charge on any atom is -0.497 e. The van der Waals surface area contributed by atoms with Crippen molar-refractivity contribution >= 4 is 5.78 Å². The highest BCUT2D eigenvalue weighted by Gasteiger charge is 2.27. The van der Waals surface area contributed by atoms with Crippen LogP contribution in [-0.4, -0.2) is 20.0 Å². The predicted octanol–water partition coefficient (Wildman–Crippen LogP) is 2.46. The molecule has 0 aromatic heterocycles. The predicted molar refractivity (Wildman–Crippen MR) is 73.4 cm³/mol. The van der Waals surface area contributed by atoms with Gasteiger partial charge in [-0.1, -0.05) is 6.07 Å². The van der Waals surface area contributed by atoms with E-state index in [-0.39, 0.29) is 6.04 Å². The standard InChI is InChI=1S/C15H21NO3/c1-18-12-7-8-13(14(9-12)19-2)15(16)10-3-5-11(17)6-4-10/h7-10,15H,3-6,16H2,1-2H3. The van der Waals surface area contributed by atoms with Gasteiger partial charge in [0.1, 0.15) is 17.3 Å². The lowest BCUT2D eigenvalue weighted by Gasteiger charge is -2.28. The van der Waals surface area contributed by atoms with Crippen molar-refractivity contribution in [1.29, 1.82) is 0 Å². The van der Waals surface area contributed by atoms with Crippen molar-refractivity contribution in [3.63, 3.8) is 0 Å². The maximum Gasteiger partial charge on any atom is 0.132 e. The Bertz CT molecular complexity index is 449. The second-order valence-corrected chi connectivity index (χ2v) is 5.01. The Morgan fingerprint density at radius 2 is 1.89 bits per heavy atom. The highest BCUT2D eigenvalue weighted by atomic mass is 16.5. The molecule has 1 unspecified atom stereocenters. The average molecular weight is 263 g/mol. The molecule has 1 aliphatic rings. The Labute approximate surface area is 113 Å². The first-order valence-electron chi connectivity index (χ1n) is 6.65. The Kier molecular flexibility index (Phi) is 4.43. The van der Waals surface area contributed by atoms with Gasteiger partial charge in [0.2, 0.25) is 0 Å². The molecule has 0 heterocycles. The molecule has 0 spiro atoms. The van der Waals surface area contributed by atoms with Crippen LogP contribution >= 0.6 is 0 Å². The highest BCUT2D eigenvalue weighted by Crippen LogP contribution is 2.37.